The van der Waals surface area contributed by atoms with Crippen LogP contribution in [0.25, 0.3) is 0 Å². The molecule has 3 N–H and O–H groups in total. The van der Waals surface area contributed by atoms with Gasteiger partial charge in [0.2, 0.25) is 15.9 Å². The number of carbonyl (C=O) groups is 1. The third kappa shape index (κ3) is 4.28. The Morgan fingerprint density at radius 3 is 2.91 bits per heavy atom. The third-order valence-corrected chi connectivity index (χ3v) is 5.66. The third-order valence-electron chi connectivity index (χ3n) is 3.71. The van der Waals surface area contributed by atoms with Crippen LogP contribution in [0, 0.1) is 0 Å². The number of benzene rings is 1. The molecule has 1 atom stereocenters. The van der Waals surface area contributed by atoms with Crippen molar-refractivity contribution in [1.29, 1.82) is 0 Å². The van der Waals surface area contributed by atoms with Gasteiger partial charge < -0.3 is 10.6 Å². The SMILES string of the molecule is NCC1CCCN1C(=O)CCNS(=O)(=O)c1cccc(Br)c1. The number of likely N-dealkylation sites (tertiary alicyclic amines) is 1. The summed E-state index contributed by atoms with van der Waals surface area (Å²) < 4.78 is 27.4. The number of sulfonamides is 1. The standard InChI is InChI=1S/C14H20BrN3O3S/c15-11-3-1-5-13(9-11)22(20,21)17-7-6-14(19)18-8-2-4-12(18)10-16/h1,3,5,9,12,17H,2,4,6-8,10,16H2. The number of hydrogen-bond acceptors (Lipinski definition) is 4. The minimum Gasteiger partial charge on any atom is -0.338 e. The van der Waals surface area contributed by atoms with Crippen LogP contribution in [-0.4, -0.2) is 44.9 Å². The fourth-order valence-corrected chi connectivity index (χ4v) is 4.19. The average Bonchev–Trinajstić information content (AvgIpc) is 2.95. The summed E-state index contributed by atoms with van der Waals surface area (Å²) in [5, 5.41) is 0. The Kier molecular flexibility index (Phi) is 5.96. The fourth-order valence-electron chi connectivity index (χ4n) is 2.56. The zero-order valence-corrected chi connectivity index (χ0v) is 14.6. The van der Waals surface area contributed by atoms with Crippen LogP contribution in [0.5, 0.6) is 0 Å². The van der Waals surface area contributed by atoms with Crippen LogP contribution in [0.1, 0.15) is 19.3 Å². The molecule has 1 heterocycles. The molecule has 1 amide bonds. The maximum absolute atomic E-state index is 12.1. The molecular weight excluding hydrogens is 370 g/mol. The fraction of sp³-hybridized carbons (Fsp3) is 0.500. The molecule has 0 aromatic heterocycles. The second-order valence-electron chi connectivity index (χ2n) is 5.22. The molecule has 1 unspecified atom stereocenters. The summed E-state index contributed by atoms with van der Waals surface area (Å²) in [6.45, 7) is 1.25. The Labute approximate surface area is 139 Å². The number of nitrogens with zero attached hydrogens (tertiary/aromatic N) is 1. The van der Waals surface area contributed by atoms with E-state index >= 15 is 0 Å². The van der Waals surface area contributed by atoms with E-state index in [0.29, 0.717) is 17.6 Å². The zero-order valence-electron chi connectivity index (χ0n) is 12.2. The van der Waals surface area contributed by atoms with Crippen molar-refractivity contribution in [2.45, 2.75) is 30.2 Å². The van der Waals surface area contributed by atoms with E-state index in [4.69, 9.17) is 5.73 Å². The Morgan fingerprint density at radius 2 is 2.23 bits per heavy atom. The second-order valence-corrected chi connectivity index (χ2v) is 7.91. The van der Waals surface area contributed by atoms with Gasteiger partial charge in [-0.1, -0.05) is 22.0 Å². The summed E-state index contributed by atoms with van der Waals surface area (Å²) in [4.78, 5) is 14.1. The maximum atomic E-state index is 12.1. The van der Waals surface area contributed by atoms with Crippen molar-refractivity contribution in [2.75, 3.05) is 19.6 Å². The number of halogens is 1. The number of hydrogen-bond donors (Lipinski definition) is 2. The molecule has 8 heteroatoms. The number of amides is 1. The van der Waals surface area contributed by atoms with Crippen LogP contribution in [0.15, 0.2) is 33.6 Å². The van der Waals surface area contributed by atoms with E-state index in [-0.39, 0.29) is 29.8 Å². The minimum atomic E-state index is -3.60. The lowest BCUT2D eigenvalue weighted by atomic mass is 10.2. The van der Waals surface area contributed by atoms with Crippen molar-refractivity contribution in [2.24, 2.45) is 5.73 Å². The molecule has 0 saturated carbocycles. The Bertz CT molecular complexity index is 636. The van der Waals surface area contributed by atoms with Gasteiger partial charge in [0.1, 0.15) is 0 Å². The van der Waals surface area contributed by atoms with Gasteiger partial charge in [0.05, 0.1) is 4.90 Å². The molecule has 1 aromatic carbocycles. The van der Waals surface area contributed by atoms with Gasteiger partial charge in [-0.05, 0) is 31.0 Å². The molecule has 6 nitrogen and oxygen atoms in total. The Hall–Kier alpha value is -0.960. The van der Waals surface area contributed by atoms with E-state index in [1.54, 1.807) is 17.0 Å². The summed E-state index contributed by atoms with van der Waals surface area (Å²) in [5.74, 6) is -0.0510. The predicted molar refractivity (Wildman–Crippen MR) is 87.7 cm³/mol. The lowest BCUT2D eigenvalue weighted by Gasteiger charge is -2.23. The van der Waals surface area contributed by atoms with Gasteiger partial charge in [-0.25, -0.2) is 13.1 Å². The van der Waals surface area contributed by atoms with E-state index in [2.05, 4.69) is 20.7 Å². The summed E-state index contributed by atoms with van der Waals surface area (Å²) in [7, 11) is -3.60. The highest BCUT2D eigenvalue weighted by molar-refractivity contribution is 9.10. The van der Waals surface area contributed by atoms with Crippen molar-refractivity contribution >= 4 is 31.9 Å². The van der Waals surface area contributed by atoms with Gasteiger partial charge in [-0.3, -0.25) is 4.79 Å². The van der Waals surface area contributed by atoms with Crippen LogP contribution in [0.2, 0.25) is 0 Å². The van der Waals surface area contributed by atoms with Crippen LogP contribution < -0.4 is 10.5 Å². The van der Waals surface area contributed by atoms with Gasteiger partial charge >= 0.3 is 0 Å². The molecule has 0 bridgehead atoms. The largest absolute Gasteiger partial charge is 0.338 e. The van der Waals surface area contributed by atoms with Crippen LogP contribution in [0.4, 0.5) is 0 Å². The van der Waals surface area contributed by atoms with Gasteiger partial charge in [0.25, 0.3) is 0 Å². The normalized spacial score (nSPS) is 18.6. The van der Waals surface area contributed by atoms with Crippen LogP contribution in [-0.2, 0) is 14.8 Å². The molecule has 1 fully saturated rings. The van der Waals surface area contributed by atoms with Crippen molar-refractivity contribution in [3.63, 3.8) is 0 Å². The maximum Gasteiger partial charge on any atom is 0.240 e. The Balaban J connectivity index is 1.89. The monoisotopic (exact) mass is 389 g/mol. The van der Waals surface area contributed by atoms with E-state index in [9.17, 15) is 13.2 Å². The molecule has 122 valence electrons. The summed E-state index contributed by atoms with van der Waals surface area (Å²) in [5.41, 5.74) is 5.64. The molecule has 22 heavy (non-hydrogen) atoms. The topological polar surface area (TPSA) is 92.5 Å². The number of rotatable bonds is 6. The summed E-state index contributed by atoms with van der Waals surface area (Å²) in [6, 6.07) is 6.53. The first-order valence-corrected chi connectivity index (χ1v) is 9.46. The summed E-state index contributed by atoms with van der Waals surface area (Å²) >= 11 is 3.24. The van der Waals surface area contributed by atoms with Crippen molar-refractivity contribution in [1.82, 2.24) is 9.62 Å². The molecule has 1 aliphatic heterocycles. The second kappa shape index (κ2) is 7.54. The van der Waals surface area contributed by atoms with E-state index < -0.39 is 10.0 Å². The van der Waals surface area contributed by atoms with Gasteiger partial charge in [0.15, 0.2) is 0 Å². The first-order chi connectivity index (χ1) is 10.4. The number of nitrogens with two attached hydrogens (primary N) is 1. The number of nitrogens with one attached hydrogen (secondary N) is 1. The van der Waals surface area contributed by atoms with Crippen molar-refractivity contribution in [3.05, 3.63) is 28.7 Å². The minimum absolute atomic E-state index is 0.0510. The van der Waals surface area contributed by atoms with Crippen molar-refractivity contribution < 1.29 is 13.2 Å². The first kappa shape index (κ1) is 17.4. The van der Waals surface area contributed by atoms with Gasteiger partial charge in [0, 0.05) is 36.6 Å². The molecule has 1 aliphatic rings. The van der Waals surface area contributed by atoms with Crippen LogP contribution in [0.3, 0.4) is 0 Å². The van der Waals surface area contributed by atoms with E-state index in [0.717, 1.165) is 12.8 Å². The molecule has 1 saturated heterocycles. The molecule has 0 aliphatic carbocycles. The Morgan fingerprint density at radius 1 is 1.45 bits per heavy atom. The van der Waals surface area contributed by atoms with E-state index in [1.165, 1.54) is 12.1 Å². The lowest BCUT2D eigenvalue weighted by molar-refractivity contribution is -0.131. The highest BCUT2D eigenvalue weighted by Crippen LogP contribution is 2.18. The first-order valence-electron chi connectivity index (χ1n) is 7.19. The molecule has 1 aromatic rings. The van der Waals surface area contributed by atoms with E-state index in [1.807, 2.05) is 0 Å². The zero-order chi connectivity index (χ0) is 16.2. The highest BCUT2D eigenvalue weighted by atomic mass is 79.9. The van der Waals surface area contributed by atoms with Crippen molar-refractivity contribution in [3.8, 4) is 0 Å². The molecular formula is C14H20BrN3O3S. The molecule has 2 rings (SSSR count). The summed E-state index contributed by atoms with van der Waals surface area (Å²) in [6.07, 6.45) is 2.02. The lowest BCUT2D eigenvalue weighted by Crippen LogP contribution is -2.41. The molecule has 0 spiro atoms. The number of carbonyl (C=O) groups excluding carboxylic acids is 1. The average molecular weight is 390 g/mol. The van der Waals surface area contributed by atoms with Gasteiger partial charge in [-0.2, -0.15) is 0 Å². The smallest absolute Gasteiger partial charge is 0.240 e. The highest BCUT2D eigenvalue weighted by Gasteiger charge is 2.27. The van der Waals surface area contributed by atoms with Gasteiger partial charge in [-0.15, -0.1) is 0 Å². The predicted octanol–water partition coefficient (Wildman–Crippen LogP) is 1.07. The quantitative estimate of drug-likeness (QED) is 0.760. The molecule has 0 radical (unpaired) electrons. The van der Waals surface area contributed by atoms with Crippen LogP contribution >= 0.6 is 15.9 Å².